The molecule has 1 fully saturated rings. The Bertz CT molecular complexity index is 781. The number of nitrogens with one attached hydrogen (secondary N) is 1. The highest BCUT2D eigenvalue weighted by atomic mass is 16.2. The topological polar surface area (TPSA) is 67.2 Å². The van der Waals surface area contributed by atoms with E-state index in [1.165, 1.54) is 18.4 Å². The summed E-state index contributed by atoms with van der Waals surface area (Å²) >= 11 is 0. The van der Waals surface area contributed by atoms with Crippen molar-refractivity contribution in [3.8, 4) is 0 Å². The van der Waals surface area contributed by atoms with Crippen LogP contribution in [0.15, 0.2) is 43.0 Å². The first kappa shape index (κ1) is 16.8. The highest BCUT2D eigenvalue weighted by molar-refractivity contribution is 6.00. The number of benzene rings is 1. The van der Waals surface area contributed by atoms with Gasteiger partial charge in [0.05, 0.1) is 12.7 Å². The number of anilines is 1. The molecule has 2 amide bonds. The SMILES string of the molecule is O=C(C[C@@H](C(=O)N1CCc2ccccc21)n1ccnc1)NC1CCCC1. The molecule has 1 saturated carbocycles. The number of aromatic nitrogens is 2. The first-order valence-corrected chi connectivity index (χ1v) is 9.38. The van der Waals surface area contributed by atoms with Gasteiger partial charge in [0.2, 0.25) is 5.91 Å². The predicted molar refractivity (Wildman–Crippen MR) is 98.8 cm³/mol. The molecule has 1 N–H and O–H groups in total. The highest BCUT2D eigenvalue weighted by Gasteiger charge is 2.32. The number of nitrogens with zero attached hydrogens (tertiary/aromatic N) is 3. The number of rotatable bonds is 5. The van der Waals surface area contributed by atoms with Gasteiger partial charge in [-0.1, -0.05) is 31.0 Å². The van der Waals surface area contributed by atoms with E-state index in [4.69, 9.17) is 0 Å². The summed E-state index contributed by atoms with van der Waals surface area (Å²) in [6, 6.07) is 7.67. The van der Waals surface area contributed by atoms with Crippen molar-refractivity contribution in [1.29, 1.82) is 0 Å². The zero-order chi connectivity index (χ0) is 17.9. The Kier molecular flexibility index (Phi) is 4.73. The van der Waals surface area contributed by atoms with Crippen molar-refractivity contribution in [1.82, 2.24) is 14.9 Å². The van der Waals surface area contributed by atoms with Crippen molar-refractivity contribution in [2.45, 2.75) is 50.6 Å². The molecule has 0 bridgehead atoms. The van der Waals surface area contributed by atoms with Gasteiger partial charge in [0.15, 0.2) is 0 Å². The third-order valence-electron chi connectivity index (χ3n) is 5.42. The maximum atomic E-state index is 13.3. The van der Waals surface area contributed by atoms with Crippen LogP contribution in [-0.4, -0.2) is 34.0 Å². The predicted octanol–water partition coefficient (Wildman–Crippen LogP) is 2.46. The Labute approximate surface area is 153 Å². The molecular formula is C20H24N4O2. The summed E-state index contributed by atoms with van der Waals surface area (Å²) < 4.78 is 1.75. The Morgan fingerprint density at radius 2 is 2.04 bits per heavy atom. The summed E-state index contributed by atoms with van der Waals surface area (Å²) in [6.45, 7) is 0.660. The number of fused-ring (bicyclic) bond motifs is 1. The van der Waals surface area contributed by atoms with Crippen LogP contribution >= 0.6 is 0 Å². The fourth-order valence-electron chi connectivity index (χ4n) is 4.05. The smallest absolute Gasteiger partial charge is 0.250 e. The Hall–Kier alpha value is -2.63. The number of hydrogen-bond acceptors (Lipinski definition) is 3. The fourth-order valence-corrected chi connectivity index (χ4v) is 4.05. The Morgan fingerprint density at radius 3 is 2.81 bits per heavy atom. The van der Waals surface area contributed by atoms with Crippen LogP contribution in [0.5, 0.6) is 0 Å². The van der Waals surface area contributed by atoms with E-state index in [0.717, 1.165) is 24.9 Å². The van der Waals surface area contributed by atoms with Crippen LogP contribution < -0.4 is 10.2 Å². The van der Waals surface area contributed by atoms with Crippen LogP contribution in [0.2, 0.25) is 0 Å². The van der Waals surface area contributed by atoms with Gasteiger partial charge < -0.3 is 14.8 Å². The molecule has 1 aromatic carbocycles. The van der Waals surface area contributed by atoms with Crippen molar-refractivity contribution in [2.75, 3.05) is 11.4 Å². The monoisotopic (exact) mass is 352 g/mol. The average Bonchev–Trinajstić information content (AvgIpc) is 3.39. The molecule has 136 valence electrons. The van der Waals surface area contributed by atoms with Crippen molar-refractivity contribution in [2.24, 2.45) is 0 Å². The number of imidazole rings is 1. The highest BCUT2D eigenvalue weighted by Crippen LogP contribution is 2.30. The lowest BCUT2D eigenvalue weighted by Gasteiger charge is -2.25. The molecule has 0 spiro atoms. The quantitative estimate of drug-likeness (QED) is 0.899. The molecule has 1 aliphatic heterocycles. The third kappa shape index (κ3) is 3.36. The minimum absolute atomic E-state index is 0.0467. The number of amides is 2. The normalized spacial score (nSPS) is 17.9. The molecule has 6 heteroatoms. The zero-order valence-corrected chi connectivity index (χ0v) is 14.8. The summed E-state index contributed by atoms with van der Waals surface area (Å²) in [5.41, 5.74) is 2.14. The molecule has 2 aliphatic rings. The number of para-hydroxylation sites is 1. The van der Waals surface area contributed by atoms with Crippen molar-refractivity contribution >= 4 is 17.5 Å². The molecule has 0 saturated heterocycles. The van der Waals surface area contributed by atoms with E-state index in [-0.39, 0.29) is 24.3 Å². The van der Waals surface area contributed by atoms with Gasteiger partial charge in [0, 0.05) is 30.7 Å². The maximum Gasteiger partial charge on any atom is 0.250 e. The first-order valence-electron chi connectivity index (χ1n) is 9.38. The van der Waals surface area contributed by atoms with Gasteiger partial charge in [-0.25, -0.2) is 4.98 Å². The summed E-state index contributed by atoms with van der Waals surface area (Å²) in [7, 11) is 0. The molecule has 6 nitrogen and oxygen atoms in total. The van der Waals surface area contributed by atoms with Crippen LogP contribution in [0.1, 0.15) is 43.7 Å². The second-order valence-electron chi connectivity index (χ2n) is 7.15. The molecule has 26 heavy (non-hydrogen) atoms. The van der Waals surface area contributed by atoms with E-state index in [1.807, 2.05) is 23.1 Å². The third-order valence-corrected chi connectivity index (χ3v) is 5.42. The van der Waals surface area contributed by atoms with Gasteiger partial charge in [-0.3, -0.25) is 9.59 Å². The standard InChI is InChI=1S/C20H24N4O2/c25-19(22-16-6-2-3-7-16)13-18(23-12-10-21-14-23)20(26)24-11-9-15-5-1-4-8-17(15)24/h1,4-5,8,10,12,14,16,18H,2-3,6-7,9,11,13H2,(H,22,25)/t18-/m0/s1. The first-order chi connectivity index (χ1) is 12.7. The molecular weight excluding hydrogens is 328 g/mol. The van der Waals surface area contributed by atoms with E-state index in [0.29, 0.717) is 6.54 Å². The van der Waals surface area contributed by atoms with Gasteiger partial charge in [0.1, 0.15) is 6.04 Å². The van der Waals surface area contributed by atoms with Crippen molar-refractivity contribution in [3.63, 3.8) is 0 Å². The van der Waals surface area contributed by atoms with E-state index in [1.54, 1.807) is 23.3 Å². The van der Waals surface area contributed by atoms with Gasteiger partial charge in [-0.15, -0.1) is 0 Å². The molecule has 1 atom stereocenters. The van der Waals surface area contributed by atoms with Crippen LogP contribution in [0.4, 0.5) is 5.69 Å². The number of hydrogen-bond donors (Lipinski definition) is 1. The second kappa shape index (κ2) is 7.32. The Balaban J connectivity index is 1.52. The van der Waals surface area contributed by atoms with E-state index >= 15 is 0 Å². The molecule has 2 aromatic rings. The number of carbonyl (C=O) groups is 2. The van der Waals surface area contributed by atoms with Crippen molar-refractivity contribution < 1.29 is 9.59 Å². The fraction of sp³-hybridized carbons (Fsp3) is 0.450. The minimum Gasteiger partial charge on any atom is -0.353 e. The second-order valence-corrected chi connectivity index (χ2v) is 7.15. The molecule has 1 aliphatic carbocycles. The average molecular weight is 352 g/mol. The lowest BCUT2D eigenvalue weighted by Crippen LogP contribution is -2.40. The summed E-state index contributed by atoms with van der Waals surface area (Å²) in [6.07, 6.45) is 10.4. The van der Waals surface area contributed by atoms with E-state index in [2.05, 4.69) is 16.4 Å². The minimum atomic E-state index is -0.565. The molecule has 1 aromatic heterocycles. The van der Waals surface area contributed by atoms with E-state index in [9.17, 15) is 9.59 Å². The summed E-state index contributed by atoms with van der Waals surface area (Å²) in [4.78, 5) is 31.7. The van der Waals surface area contributed by atoms with Crippen LogP contribution in [0.3, 0.4) is 0 Å². The number of carbonyl (C=O) groups excluding carboxylic acids is 2. The van der Waals surface area contributed by atoms with Gasteiger partial charge in [-0.2, -0.15) is 0 Å². The van der Waals surface area contributed by atoms with Crippen LogP contribution in [0, 0.1) is 0 Å². The molecule has 2 heterocycles. The summed E-state index contributed by atoms with van der Waals surface area (Å²) in [5.74, 6) is -0.106. The van der Waals surface area contributed by atoms with Crippen LogP contribution in [0.25, 0.3) is 0 Å². The largest absolute Gasteiger partial charge is 0.353 e. The Morgan fingerprint density at radius 1 is 1.23 bits per heavy atom. The van der Waals surface area contributed by atoms with Crippen LogP contribution in [-0.2, 0) is 16.0 Å². The van der Waals surface area contributed by atoms with Crippen molar-refractivity contribution in [3.05, 3.63) is 48.5 Å². The van der Waals surface area contributed by atoms with E-state index < -0.39 is 6.04 Å². The molecule has 4 rings (SSSR count). The van der Waals surface area contributed by atoms with Gasteiger partial charge in [-0.05, 0) is 30.9 Å². The van der Waals surface area contributed by atoms with Gasteiger partial charge in [0.25, 0.3) is 5.91 Å². The summed E-state index contributed by atoms with van der Waals surface area (Å²) in [5, 5.41) is 3.09. The zero-order valence-electron chi connectivity index (χ0n) is 14.8. The van der Waals surface area contributed by atoms with Gasteiger partial charge >= 0.3 is 0 Å². The maximum absolute atomic E-state index is 13.3. The lowest BCUT2D eigenvalue weighted by atomic mass is 10.1. The lowest BCUT2D eigenvalue weighted by molar-refractivity contribution is -0.128. The molecule has 0 unspecified atom stereocenters. The molecule has 0 radical (unpaired) electrons.